The number of rotatable bonds is 5. The van der Waals surface area contributed by atoms with Gasteiger partial charge in [-0.2, -0.15) is 0 Å². The first-order chi connectivity index (χ1) is 10.9. The third kappa shape index (κ3) is 4.23. The number of hydrogen-bond acceptors (Lipinski definition) is 3. The van der Waals surface area contributed by atoms with Crippen LogP contribution in [0.25, 0.3) is 0 Å². The summed E-state index contributed by atoms with van der Waals surface area (Å²) < 4.78 is 0. The van der Waals surface area contributed by atoms with Gasteiger partial charge in [-0.1, -0.05) is 23.7 Å². The summed E-state index contributed by atoms with van der Waals surface area (Å²) in [5.41, 5.74) is 7.75. The van der Waals surface area contributed by atoms with E-state index in [9.17, 15) is 9.59 Å². The van der Waals surface area contributed by atoms with Crippen molar-refractivity contribution in [2.45, 2.75) is 19.9 Å². The van der Waals surface area contributed by atoms with E-state index >= 15 is 0 Å². The molecule has 2 aromatic carbocycles. The average Bonchev–Trinajstić information content (AvgIpc) is 2.52. The second-order valence-corrected chi connectivity index (χ2v) is 5.62. The molecule has 0 saturated carbocycles. The number of primary amides is 1. The van der Waals surface area contributed by atoms with Crippen molar-refractivity contribution in [3.8, 4) is 0 Å². The van der Waals surface area contributed by atoms with Gasteiger partial charge in [-0.05, 0) is 49.7 Å². The topological polar surface area (TPSA) is 84.2 Å². The fourth-order valence-corrected chi connectivity index (χ4v) is 2.24. The van der Waals surface area contributed by atoms with E-state index in [4.69, 9.17) is 17.3 Å². The van der Waals surface area contributed by atoms with Gasteiger partial charge in [0.15, 0.2) is 0 Å². The van der Waals surface area contributed by atoms with Crippen molar-refractivity contribution in [1.29, 1.82) is 0 Å². The zero-order valence-corrected chi connectivity index (χ0v) is 13.6. The zero-order valence-electron chi connectivity index (χ0n) is 12.9. The summed E-state index contributed by atoms with van der Waals surface area (Å²) in [5.74, 6) is -0.722. The van der Waals surface area contributed by atoms with Gasteiger partial charge in [0.05, 0.1) is 0 Å². The number of halogens is 1. The molecular weight excluding hydrogens is 314 g/mol. The maximum absolute atomic E-state index is 12.3. The van der Waals surface area contributed by atoms with Gasteiger partial charge in [-0.25, -0.2) is 0 Å². The fourth-order valence-electron chi connectivity index (χ4n) is 2.06. The number of nitrogens with two attached hydrogens (primary N) is 1. The average molecular weight is 332 g/mol. The minimum Gasteiger partial charge on any atom is -0.374 e. The largest absolute Gasteiger partial charge is 0.374 e. The maximum Gasteiger partial charge on any atom is 0.248 e. The first-order valence-electron chi connectivity index (χ1n) is 7.11. The Kier molecular flexibility index (Phi) is 5.24. The molecule has 6 heteroatoms. The molecule has 0 aliphatic rings. The number of hydrogen-bond donors (Lipinski definition) is 3. The third-order valence-electron chi connectivity index (χ3n) is 3.45. The Bertz CT molecular complexity index is 746. The van der Waals surface area contributed by atoms with Crippen molar-refractivity contribution in [1.82, 2.24) is 0 Å². The van der Waals surface area contributed by atoms with Crippen molar-refractivity contribution >= 4 is 34.8 Å². The molecule has 23 heavy (non-hydrogen) atoms. The van der Waals surface area contributed by atoms with Crippen molar-refractivity contribution in [3.63, 3.8) is 0 Å². The van der Waals surface area contributed by atoms with Crippen LogP contribution in [0.2, 0.25) is 5.02 Å². The fraction of sp³-hybridized carbons (Fsp3) is 0.176. The lowest BCUT2D eigenvalue weighted by molar-refractivity contribution is -0.116. The van der Waals surface area contributed by atoms with Crippen molar-refractivity contribution < 1.29 is 9.59 Å². The lowest BCUT2D eigenvalue weighted by Gasteiger charge is -2.17. The van der Waals surface area contributed by atoms with Gasteiger partial charge in [0.25, 0.3) is 0 Å². The van der Waals surface area contributed by atoms with Gasteiger partial charge in [0, 0.05) is 22.0 Å². The minimum absolute atomic E-state index is 0.208. The summed E-state index contributed by atoms with van der Waals surface area (Å²) in [5, 5.41) is 6.46. The molecule has 0 fully saturated rings. The van der Waals surface area contributed by atoms with Gasteiger partial charge in [-0.15, -0.1) is 0 Å². The quantitative estimate of drug-likeness (QED) is 0.786. The smallest absolute Gasteiger partial charge is 0.248 e. The summed E-state index contributed by atoms with van der Waals surface area (Å²) in [6, 6.07) is 11.5. The second-order valence-electron chi connectivity index (χ2n) is 5.21. The molecule has 120 valence electrons. The van der Waals surface area contributed by atoms with Crippen LogP contribution in [0.1, 0.15) is 22.8 Å². The van der Waals surface area contributed by atoms with Crippen LogP contribution in [0.4, 0.5) is 11.4 Å². The van der Waals surface area contributed by atoms with Gasteiger partial charge < -0.3 is 16.4 Å². The molecule has 0 aliphatic heterocycles. The van der Waals surface area contributed by atoms with E-state index in [2.05, 4.69) is 10.6 Å². The molecule has 0 heterocycles. The van der Waals surface area contributed by atoms with E-state index < -0.39 is 11.9 Å². The SMILES string of the molecule is Cc1c(Cl)cccc1NC(=O)C(C)Nc1cccc(C(N)=O)c1. The summed E-state index contributed by atoms with van der Waals surface area (Å²) in [6.07, 6.45) is 0. The van der Waals surface area contributed by atoms with Crippen LogP contribution in [-0.4, -0.2) is 17.9 Å². The number of anilines is 2. The molecule has 2 aromatic rings. The Morgan fingerprint density at radius 3 is 2.57 bits per heavy atom. The summed E-state index contributed by atoms with van der Waals surface area (Å²) in [4.78, 5) is 23.5. The van der Waals surface area contributed by atoms with E-state index in [-0.39, 0.29) is 5.91 Å². The maximum atomic E-state index is 12.3. The lowest BCUT2D eigenvalue weighted by atomic mass is 10.1. The normalized spacial score (nSPS) is 11.6. The highest BCUT2D eigenvalue weighted by molar-refractivity contribution is 6.31. The number of carbonyl (C=O) groups excluding carboxylic acids is 2. The molecule has 2 rings (SSSR count). The number of benzene rings is 2. The van der Waals surface area contributed by atoms with Crippen LogP contribution in [0, 0.1) is 6.92 Å². The Morgan fingerprint density at radius 2 is 1.87 bits per heavy atom. The number of carbonyl (C=O) groups is 2. The summed E-state index contributed by atoms with van der Waals surface area (Å²) in [6.45, 7) is 3.57. The Hall–Kier alpha value is -2.53. The van der Waals surface area contributed by atoms with Crippen LogP contribution in [-0.2, 0) is 4.79 Å². The molecular formula is C17H18ClN3O2. The van der Waals surface area contributed by atoms with Crippen LogP contribution in [0.15, 0.2) is 42.5 Å². The predicted molar refractivity (Wildman–Crippen MR) is 92.9 cm³/mol. The molecule has 2 amide bonds. The predicted octanol–water partition coefficient (Wildman–Crippen LogP) is 3.19. The van der Waals surface area contributed by atoms with Gasteiger partial charge >= 0.3 is 0 Å². The van der Waals surface area contributed by atoms with Crippen LogP contribution < -0.4 is 16.4 Å². The van der Waals surface area contributed by atoms with Crippen LogP contribution in [0.5, 0.6) is 0 Å². The van der Waals surface area contributed by atoms with E-state index in [0.717, 1.165) is 5.56 Å². The van der Waals surface area contributed by atoms with Crippen LogP contribution in [0.3, 0.4) is 0 Å². The molecule has 0 saturated heterocycles. The number of amides is 2. The van der Waals surface area contributed by atoms with Crippen molar-refractivity contribution in [2.24, 2.45) is 5.73 Å². The summed E-state index contributed by atoms with van der Waals surface area (Å²) in [7, 11) is 0. The van der Waals surface area contributed by atoms with Gasteiger partial charge in [-0.3, -0.25) is 9.59 Å². The second kappa shape index (κ2) is 7.15. The lowest BCUT2D eigenvalue weighted by Crippen LogP contribution is -2.32. The van der Waals surface area contributed by atoms with Crippen molar-refractivity contribution in [2.75, 3.05) is 10.6 Å². The number of nitrogens with one attached hydrogen (secondary N) is 2. The molecule has 0 spiro atoms. The molecule has 0 aliphatic carbocycles. The van der Waals surface area contributed by atoms with E-state index in [0.29, 0.717) is 22.0 Å². The first kappa shape index (κ1) is 16.8. The highest BCUT2D eigenvalue weighted by atomic mass is 35.5. The molecule has 0 bridgehead atoms. The van der Waals surface area contributed by atoms with E-state index in [1.165, 1.54) is 0 Å². The monoisotopic (exact) mass is 331 g/mol. The summed E-state index contributed by atoms with van der Waals surface area (Å²) >= 11 is 6.04. The first-order valence-corrected chi connectivity index (χ1v) is 7.48. The molecule has 1 atom stereocenters. The highest BCUT2D eigenvalue weighted by Crippen LogP contribution is 2.23. The third-order valence-corrected chi connectivity index (χ3v) is 3.86. The van der Waals surface area contributed by atoms with E-state index in [1.54, 1.807) is 49.4 Å². The Morgan fingerprint density at radius 1 is 1.17 bits per heavy atom. The molecule has 4 N–H and O–H groups in total. The zero-order chi connectivity index (χ0) is 17.0. The van der Waals surface area contributed by atoms with Gasteiger partial charge in [0.2, 0.25) is 11.8 Å². The molecule has 0 aromatic heterocycles. The highest BCUT2D eigenvalue weighted by Gasteiger charge is 2.15. The van der Waals surface area contributed by atoms with Crippen molar-refractivity contribution in [3.05, 3.63) is 58.6 Å². The molecule has 0 radical (unpaired) electrons. The Labute approximate surface area is 139 Å². The van der Waals surface area contributed by atoms with Crippen LogP contribution >= 0.6 is 11.6 Å². The van der Waals surface area contributed by atoms with E-state index in [1.807, 2.05) is 6.92 Å². The molecule has 1 unspecified atom stereocenters. The Balaban J connectivity index is 2.07. The standard InChI is InChI=1S/C17H18ClN3O2/c1-10-14(18)7-4-8-15(10)21-17(23)11(2)20-13-6-3-5-12(9-13)16(19)22/h3-9,11,20H,1-2H3,(H2,19,22)(H,21,23). The minimum atomic E-state index is -0.514. The van der Waals surface area contributed by atoms with Gasteiger partial charge in [0.1, 0.15) is 6.04 Å². The molecule has 5 nitrogen and oxygen atoms in total.